The zero-order valence-electron chi connectivity index (χ0n) is 14.2. The van der Waals surface area contributed by atoms with Crippen LogP contribution in [0, 0.1) is 13.8 Å². The van der Waals surface area contributed by atoms with Gasteiger partial charge in [-0.15, -0.1) is 0 Å². The summed E-state index contributed by atoms with van der Waals surface area (Å²) in [6.45, 7) is 3.82. The van der Waals surface area contributed by atoms with Crippen molar-refractivity contribution in [1.29, 1.82) is 0 Å². The van der Waals surface area contributed by atoms with Crippen molar-refractivity contribution in [2.75, 3.05) is 5.32 Å². The first kappa shape index (κ1) is 16.6. The van der Waals surface area contributed by atoms with Crippen LogP contribution in [-0.4, -0.2) is 30.2 Å². The number of aromatic nitrogens is 5. The summed E-state index contributed by atoms with van der Waals surface area (Å²) in [7, 11) is 1.75. The summed E-state index contributed by atoms with van der Waals surface area (Å²) in [4.78, 5) is 33.7. The minimum atomic E-state index is -0.458. The molecule has 8 nitrogen and oxygen atoms in total. The molecule has 0 saturated heterocycles. The second-order valence-corrected chi connectivity index (χ2v) is 5.81. The Morgan fingerprint density at radius 1 is 1.20 bits per heavy atom. The highest BCUT2D eigenvalue weighted by Crippen LogP contribution is 2.09. The second-order valence-electron chi connectivity index (χ2n) is 5.81. The van der Waals surface area contributed by atoms with Crippen LogP contribution in [0.15, 0.2) is 41.8 Å². The quantitative estimate of drug-likeness (QED) is 0.773. The van der Waals surface area contributed by atoms with E-state index in [0.29, 0.717) is 16.9 Å². The third-order valence-electron chi connectivity index (χ3n) is 3.73. The Hall–Kier alpha value is -3.29. The maximum atomic E-state index is 12.7. The van der Waals surface area contributed by atoms with Crippen LogP contribution in [0.2, 0.25) is 0 Å². The molecule has 0 aliphatic rings. The Balaban J connectivity index is 1.90. The molecule has 0 aliphatic heterocycles. The Morgan fingerprint density at radius 2 is 2.00 bits per heavy atom. The number of hydrogen-bond donors (Lipinski definition) is 1. The molecule has 0 unspecified atom stereocenters. The van der Waals surface area contributed by atoms with Crippen molar-refractivity contribution in [2.45, 2.75) is 20.4 Å². The molecule has 0 aromatic carbocycles. The molecule has 128 valence electrons. The monoisotopic (exact) mass is 338 g/mol. The van der Waals surface area contributed by atoms with E-state index >= 15 is 0 Å². The minimum absolute atomic E-state index is 0.103. The molecular formula is C17H18N6O2. The molecule has 8 heteroatoms. The van der Waals surface area contributed by atoms with Crippen molar-refractivity contribution in [3.8, 4) is 0 Å². The van der Waals surface area contributed by atoms with E-state index in [9.17, 15) is 9.59 Å². The third-order valence-corrected chi connectivity index (χ3v) is 3.73. The van der Waals surface area contributed by atoms with Crippen LogP contribution in [0.4, 0.5) is 5.69 Å². The number of hydrogen-bond acceptors (Lipinski definition) is 5. The Labute approximate surface area is 144 Å². The lowest BCUT2D eigenvalue weighted by Gasteiger charge is -2.10. The number of carbonyl (C=O) groups is 1. The number of nitrogens with zero attached hydrogens (tertiary/aromatic N) is 5. The molecular weight excluding hydrogens is 320 g/mol. The van der Waals surface area contributed by atoms with Gasteiger partial charge in [0.2, 0.25) is 0 Å². The van der Waals surface area contributed by atoms with Gasteiger partial charge in [0.1, 0.15) is 5.56 Å². The summed E-state index contributed by atoms with van der Waals surface area (Å²) in [5.74, 6) is -0.458. The first-order chi connectivity index (χ1) is 11.9. The lowest BCUT2D eigenvalue weighted by atomic mass is 10.1. The Kier molecular flexibility index (Phi) is 4.42. The fourth-order valence-electron chi connectivity index (χ4n) is 2.42. The first-order valence-electron chi connectivity index (χ1n) is 7.71. The van der Waals surface area contributed by atoms with E-state index in [4.69, 9.17) is 0 Å². The zero-order chi connectivity index (χ0) is 18.0. The number of amides is 1. The van der Waals surface area contributed by atoms with Crippen molar-refractivity contribution < 1.29 is 4.79 Å². The minimum Gasteiger partial charge on any atom is -0.319 e. The molecule has 25 heavy (non-hydrogen) atoms. The SMILES string of the molecule is Cc1cnc(Cn2ccc(C)c(C(=O)Nc3cnn(C)c3)c2=O)cn1. The topological polar surface area (TPSA) is 94.7 Å². The number of pyridine rings is 1. The summed E-state index contributed by atoms with van der Waals surface area (Å²) in [6.07, 6.45) is 8.11. The molecule has 0 aliphatic carbocycles. The average Bonchev–Trinajstić information content (AvgIpc) is 2.97. The molecule has 3 rings (SSSR count). The van der Waals surface area contributed by atoms with Crippen molar-refractivity contribution in [3.05, 3.63) is 69.9 Å². The second kappa shape index (κ2) is 6.68. The van der Waals surface area contributed by atoms with Gasteiger partial charge >= 0.3 is 0 Å². The molecule has 1 amide bonds. The van der Waals surface area contributed by atoms with Gasteiger partial charge in [-0.05, 0) is 25.5 Å². The van der Waals surface area contributed by atoms with Gasteiger partial charge in [0.05, 0.1) is 36.0 Å². The molecule has 3 aromatic heterocycles. The van der Waals surface area contributed by atoms with Gasteiger partial charge in [-0.2, -0.15) is 5.10 Å². The highest BCUT2D eigenvalue weighted by Gasteiger charge is 2.17. The van der Waals surface area contributed by atoms with Crippen LogP contribution in [0.5, 0.6) is 0 Å². The van der Waals surface area contributed by atoms with E-state index in [1.54, 1.807) is 49.5 Å². The van der Waals surface area contributed by atoms with E-state index in [0.717, 1.165) is 5.69 Å². The first-order valence-corrected chi connectivity index (χ1v) is 7.71. The Bertz CT molecular complexity index is 972. The summed E-state index contributed by atoms with van der Waals surface area (Å²) < 4.78 is 3.02. The van der Waals surface area contributed by atoms with Crippen LogP contribution in [0.25, 0.3) is 0 Å². The number of aryl methyl sites for hydroxylation is 3. The lowest BCUT2D eigenvalue weighted by molar-refractivity contribution is 0.102. The highest BCUT2D eigenvalue weighted by molar-refractivity contribution is 6.04. The van der Waals surface area contributed by atoms with Gasteiger partial charge < -0.3 is 9.88 Å². The molecule has 3 aromatic rings. The molecule has 0 spiro atoms. The van der Waals surface area contributed by atoms with E-state index in [2.05, 4.69) is 20.4 Å². The molecule has 3 heterocycles. The fourth-order valence-corrected chi connectivity index (χ4v) is 2.42. The van der Waals surface area contributed by atoms with Crippen LogP contribution < -0.4 is 10.9 Å². The van der Waals surface area contributed by atoms with Gasteiger partial charge in [-0.1, -0.05) is 0 Å². The van der Waals surface area contributed by atoms with Crippen molar-refractivity contribution in [3.63, 3.8) is 0 Å². The van der Waals surface area contributed by atoms with Gasteiger partial charge in [-0.3, -0.25) is 24.2 Å². The number of carbonyl (C=O) groups excluding carboxylic acids is 1. The van der Waals surface area contributed by atoms with Crippen molar-refractivity contribution >= 4 is 11.6 Å². The van der Waals surface area contributed by atoms with Crippen LogP contribution in [-0.2, 0) is 13.6 Å². The average molecular weight is 338 g/mol. The van der Waals surface area contributed by atoms with Crippen molar-refractivity contribution in [1.82, 2.24) is 24.3 Å². The van der Waals surface area contributed by atoms with Gasteiger partial charge in [0, 0.05) is 25.6 Å². The Morgan fingerprint density at radius 3 is 2.64 bits per heavy atom. The molecule has 1 N–H and O–H groups in total. The van der Waals surface area contributed by atoms with E-state index < -0.39 is 5.91 Å². The van der Waals surface area contributed by atoms with E-state index in [1.807, 2.05) is 6.92 Å². The maximum absolute atomic E-state index is 12.7. The van der Waals surface area contributed by atoms with E-state index in [-0.39, 0.29) is 17.7 Å². The standard InChI is InChI=1S/C17H18N6O2/c1-11-4-5-23(10-13-7-18-12(2)6-19-13)17(25)15(11)16(24)21-14-8-20-22(3)9-14/h4-9H,10H2,1-3H3,(H,21,24). The van der Waals surface area contributed by atoms with E-state index in [1.165, 1.54) is 10.8 Å². The number of rotatable bonds is 4. The van der Waals surface area contributed by atoms with Gasteiger partial charge in [-0.25, -0.2) is 0 Å². The molecule has 0 atom stereocenters. The highest BCUT2D eigenvalue weighted by atomic mass is 16.2. The van der Waals surface area contributed by atoms with Gasteiger partial charge in [0.25, 0.3) is 11.5 Å². The third kappa shape index (κ3) is 3.63. The van der Waals surface area contributed by atoms with Crippen LogP contribution in [0.3, 0.4) is 0 Å². The predicted molar refractivity (Wildman–Crippen MR) is 92.5 cm³/mol. The fraction of sp³-hybridized carbons (Fsp3) is 0.235. The molecule has 0 radical (unpaired) electrons. The summed E-state index contributed by atoms with van der Waals surface area (Å²) in [6, 6.07) is 1.74. The summed E-state index contributed by atoms with van der Waals surface area (Å²) >= 11 is 0. The lowest BCUT2D eigenvalue weighted by Crippen LogP contribution is -2.30. The molecule has 0 saturated carbocycles. The summed E-state index contributed by atoms with van der Waals surface area (Å²) in [5.41, 5.74) is 2.32. The molecule has 0 fully saturated rings. The largest absolute Gasteiger partial charge is 0.319 e. The van der Waals surface area contributed by atoms with Crippen molar-refractivity contribution in [2.24, 2.45) is 7.05 Å². The number of nitrogens with one attached hydrogen (secondary N) is 1. The summed E-state index contributed by atoms with van der Waals surface area (Å²) in [5, 5.41) is 6.69. The maximum Gasteiger partial charge on any atom is 0.264 e. The zero-order valence-corrected chi connectivity index (χ0v) is 14.2. The van der Waals surface area contributed by atoms with Crippen LogP contribution in [0.1, 0.15) is 27.3 Å². The van der Waals surface area contributed by atoms with Gasteiger partial charge in [0.15, 0.2) is 0 Å². The van der Waals surface area contributed by atoms with Crippen LogP contribution >= 0.6 is 0 Å². The number of anilines is 1. The normalized spacial score (nSPS) is 10.7. The predicted octanol–water partition coefficient (Wildman–Crippen LogP) is 1.29. The smallest absolute Gasteiger partial charge is 0.264 e. The molecule has 0 bridgehead atoms.